The summed E-state index contributed by atoms with van der Waals surface area (Å²) in [5, 5.41) is 0.906. The van der Waals surface area contributed by atoms with Gasteiger partial charge in [0, 0.05) is 223 Å². The molecule has 3 atom stereocenters. The molecule has 0 aliphatic heterocycles. The van der Waals surface area contributed by atoms with Crippen molar-refractivity contribution < 1.29 is 193 Å². The lowest BCUT2D eigenvalue weighted by molar-refractivity contribution is -0.130. The van der Waals surface area contributed by atoms with Gasteiger partial charge in [0.25, 0.3) is 0 Å². The van der Waals surface area contributed by atoms with E-state index in [1.807, 2.05) is 49.4 Å². The Kier molecular flexibility index (Phi) is 0.902. The van der Waals surface area contributed by atoms with E-state index in [1.54, 1.807) is 18.3 Å². The topological polar surface area (TPSA) is 60.1 Å². The molecule has 6 heteroatoms. The molecule has 0 N–H and O–H groups in total. The number of para-hydroxylation sites is 1. The summed E-state index contributed by atoms with van der Waals surface area (Å²) in [5.74, 6) is 0.0254. The zero-order valence-electron chi connectivity index (χ0n) is 146. The van der Waals surface area contributed by atoms with Gasteiger partial charge in [-0.2, -0.15) is 0 Å². The van der Waals surface area contributed by atoms with Crippen LogP contribution in [0.15, 0.2) is 72.6 Å². The first-order valence-electron chi connectivity index (χ1n) is 75.5. The normalized spacial score (nSPS) is 36.7. The number of carbonyl (C=O) groups is 1. The zero-order chi connectivity index (χ0) is 151. The van der Waals surface area contributed by atoms with Crippen LogP contribution in [0.1, 0.15) is 235 Å². The Morgan fingerprint density at radius 2 is 1.87 bits per heavy atom. The number of aromatic nitrogens is 3. The summed E-state index contributed by atoms with van der Waals surface area (Å²) in [6.45, 7) is 14.0. The third-order valence-electron chi connectivity index (χ3n) is 8.79. The fraction of sp³-hybridized carbons (Fsp3) is 0.303. The number of halogens is 1. The molecule has 4 aromatic rings. The Hall–Kier alpha value is -4.24. The highest BCUT2D eigenvalue weighted by molar-refractivity contribution is 6.03. The maximum atomic E-state index is 15.3. The molecule has 318 valence electrons. The molecule has 2 aliphatic rings. The molecule has 2 aliphatic carbocycles. The van der Waals surface area contributed by atoms with Crippen LogP contribution in [0.25, 0.3) is 38.4 Å². The van der Waals surface area contributed by atoms with Crippen molar-refractivity contribution in [3.63, 3.8) is 0 Å². The van der Waals surface area contributed by atoms with Gasteiger partial charge in [-0.3, -0.25) is 4.98 Å². The molecule has 5 nitrogen and oxygen atoms in total. The number of nitrogens with zero attached hydrogens (tertiary/aromatic N) is 4. The first-order valence-corrected chi connectivity index (χ1v) is 13.5. The molecule has 0 fully saturated rings. The van der Waals surface area contributed by atoms with Gasteiger partial charge in [0.05, 0.1) is 23.5 Å². The molecule has 0 unspecified atom stereocenters. The maximum absolute atomic E-state index is 15.3. The van der Waals surface area contributed by atoms with Crippen molar-refractivity contribution in [2.24, 2.45) is 11.3 Å². The van der Waals surface area contributed by atoms with Crippen molar-refractivity contribution in [1.29, 1.82) is 0 Å². The second-order valence-electron chi connectivity index (χ2n) is 11.1. The predicted molar refractivity (Wildman–Crippen MR) is 281 cm³/mol. The number of benzene rings is 2. The molecule has 2 aromatic carbocycles. The van der Waals surface area contributed by atoms with Crippen molar-refractivity contribution in [1.82, 2.24) is 15.0 Å². The lowest BCUT2D eigenvalue weighted by atomic mass is 9.51. The molecule has 0 saturated carbocycles. The SMILES string of the molecule is [3H][3H].[3H][3H].[3H][3H].[3H][3H].[3H][3H].[3H][3H].[3H][3H].[3H][3H].[3H][3H].[3H][3H].[3H][3H].[3H][3H].[3H][3H].[3H][3H].[3H][3H].[3H][3H].[3H][3H].[3H][3H].[3H][3H].[3H][3H].[3H][3H].[3H][3H].[3H][3H].[3H][3H].[3H][3H].[3H][3H].[3H][3H].[3H][3H].[3H][3H].[3H][3H].[3H][3H].[3H][3H].[3H][3H].[3H][3H].[3H][3H].[3H][3H].[3H][3H].[3H][3H].[3H][3H].[3H][3H].[3H][3H].[3H][3H].[3H][3H].[3H][3H].[3H][3H].[3H][3H].[3H][3H].[3H][3H].[3H][3H].[3H][3H].[3H][3H].[3H][3H].[3H][3H].[3H][3H].[3H][3H].[3H][3H].[3H][3H].[3H][3H].[3H][3H].[3H][3H].[3H][3H].[3H][3H].[C-]#[N+]C1=C[C@@]2(C)c3nc(-c4ccnc5ccccc45)nc(-c4ccccc4F)c3CC[C@@H]2[C@@](C)(CCC)C1=O. The summed E-state index contributed by atoms with van der Waals surface area (Å²) in [6.07, 6.45) is 6.46. The van der Waals surface area contributed by atoms with Crippen molar-refractivity contribution >= 4 is 16.7 Å². The second kappa shape index (κ2) is 9.20. The lowest BCUT2D eigenvalue weighted by Crippen LogP contribution is -2.52. The molecule has 2 aromatic heterocycles. The van der Waals surface area contributed by atoms with Gasteiger partial charge in [-0.1, -0.05) is 63.6 Å². The number of Topliss-reactive ketones (excluding diaryl/α,β-unsaturated/α-hetero) is 1. The van der Waals surface area contributed by atoms with Crippen LogP contribution in [-0.4, -0.2) is 20.7 Å². The third kappa shape index (κ3) is 3.71. The van der Waals surface area contributed by atoms with Crippen LogP contribution in [0.3, 0.4) is 0 Å². The molecule has 0 radical (unpaired) electrons. The Morgan fingerprint density at radius 1 is 1.10 bits per heavy atom. The average molecular weight is 891 g/mol. The molecule has 39 heavy (non-hydrogen) atoms. The molecule has 0 saturated heterocycles. The fourth-order valence-corrected chi connectivity index (χ4v) is 7.05. The van der Waals surface area contributed by atoms with E-state index in [0.717, 1.165) is 40.6 Å². The lowest BCUT2D eigenvalue weighted by Gasteiger charge is -2.52. The van der Waals surface area contributed by atoms with E-state index in [2.05, 4.69) is 23.7 Å². The van der Waals surface area contributed by atoms with Gasteiger partial charge >= 0.3 is 0 Å². The second-order valence-corrected chi connectivity index (χ2v) is 11.1. The van der Waals surface area contributed by atoms with Gasteiger partial charge in [0.15, 0.2) is 11.6 Å². The number of pyridine rings is 1. The number of rotatable bonds is 4. The molecular weight excluding hydrogens is 487 g/mol. The summed E-state index contributed by atoms with van der Waals surface area (Å²) in [7, 11) is 0. The minimum Gasteiger partial charge on any atom is -0.307 e. The van der Waals surface area contributed by atoms with Gasteiger partial charge in [-0.15, -0.1) is 0 Å². The Morgan fingerprint density at radius 3 is 2.64 bits per heavy atom. The molecule has 0 bridgehead atoms. The highest BCUT2D eigenvalue weighted by Gasteiger charge is 2.56. The zero-order valence-corrected chi connectivity index (χ0v) is 22.3. The summed E-state index contributed by atoms with van der Waals surface area (Å²) >= 11 is 0. The summed E-state index contributed by atoms with van der Waals surface area (Å²) in [5.41, 5.74) is 3.09. The van der Waals surface area contributed by atoms with Crippen molar-refractivity contribution in [2.45, 2.75) is 51.9 Å². The average Bonchev–Trinajstić information content (AvgIpc) is 0.703. The van der Waals surface area contributed by atoms with Gasteiger partial charge in [-0.05, 0) is 49.4 Å². The number of hydrogen-bond acceptors (Lipinski definition) is 4. The van der Waals surface area contributed by atoms with E-state index in [0.29, 0.717) is 29.9 Å². The summed E-state index contributed by atoms with van der Waals surface area (Å²) in [4.78, 5) is 32.0. The van der Waals surface area contributed by atoms with Gasteiger partial charge in [0.1, 0.15) is 5.82 Å². The number of ketones is 1. The van der Waals surface area contributed by atoms with Crippen LogP contribution in [0.4, 0.5) is 4.39 Å². The van der Waals surface area contributed by atoms with Crippen LogP contribution in [-0.2, 0) is 16.6 Å². The van der Waals surface area contributed by atoms with E-state index < -0.39 is 10.8 Å². The van der Waals surface area contributed by atoms with Crippen LogP contribution in [0.5, 0.6) is 0 Å². The first-order chi connectivity index (χ1) is 80.8. The van der Waals surface area contributed by atoms with E-state index in [4.69, 9.17) is 201 Å². The standard InChI is InChI=1S/C33H29FN4O.62H2/c1-5-17-32(2)27-15-14-23-28(22-11-6-8-12-24(22)34)37-31(21-16-18-36-25-13-9-7-10-20(21)25)38-29(23)33(27,3)19-26(35-4)30(32)39;;;;;;;;;;;;;;;;;;;;;;;;;;;;;;;;;;;;;;;;;;;;;;;;;;;;;;;;;;;;;;/h6-13,16,18-19,27H,5,14-15,17H2,1-3H3;62*1H/t27-,32-,33-;;;;;;;;;;;;;;;;;;;;;;;;;;;;;;;;;;;;;;;;;;;;;;;;;;;;;;;;;;;;;;/m1............................................................../s1/i;62*1+2T. The van der Waals surface area contributed by atoms with Gasteiger partial charge in [-0.25, -0.2) is 19.2 Å². The fourth-order valence-electron chi connectivity index (χ4n) is 7.05. The Bertz CT molecular complexity index is 1850. The molecule has 2 heterocycles. The minimum atomic E-state index is -0.689. The highest BCUT2D eigenvalue weighted by Crippen LogP contribution is 2.57. The number of allylic oxidation sites excluding steroid dienone is 2. The first kappa shape index (κ1) is 3.83. The Balaban J connectivity index is -0.0000000143. The van der Waals surface area contributed by atoms with Crippen LogP contribution >= 0.6 is 0 Å². The van der Waals surface area contributed by atoms with Crippen molar-refractivity contribution in [3.8, 4) is 22.6 Å². The molecule has 6 rings (SSSR count). The molecule has 0 amide bonds. The Labute approximate surface area is 419 Å². The van der Waals surface area contributed by atoms with Crippen LogP contribution in [0.2, 0.25) is 0 Å². The van der Waals surface area contributed by atoms with E-state index in [-0.39, 0.29) is 23.2 Å². The van der Waals surface area contributed by atoms with E-state index in [1.165, 1.54) is 6.07 Å². The number of hydrogen-bond donors (Lipinski definition) is 0. The van der Waals surface area contributed by atoms with E-state index in [9.17, 15) is 4.79 Å². The van der Waals surface area contributed by atoms with Gasteiger partial charge < -0.3 is 4.79 Å². The summed E-state index contributed by atoms with van der Waals surface area (Å²) in [6, 6.07) is 16.4. The smallest absolute Gasteiger partial charge is 0.226 e. The maximum Gasteiger partial charge on any atom is 0.226 e. The predicted octanol–water partition coefficient (Wildman–Crippen LogP) is 22.8. The van der Waals surface area contributed by atoms with Gasteiger partial charge in [0.2, 0.25) is 5.70 Å². The number of carbonyl (C=O) groups excluding carboxylic acids is 1. The van der Waals surface area contributed by atoms with E-state index >= 15 is 4.39 Å². The quantitative estimate of drug-likeness (QED) is 0.192. The minimum absolute atomic E-state index is 0.0409. The van der Waals surface area contributed by atoms with Crippen LogP contribution in [0, 0.1) is 23.7 Å². The third-order valence-corrected chi connectivity index (χ3v) is 8.79. The molecular formula is C33H153FN4O. The number of fused-ring (bicyclic) bond motifs is 4. The summed E-state index contributed by atoms with van der Waals surface area (Å²) < 4.78 is 635. The van der Waals surface area contributed by atoms with Crippen LogP contribution < -0.4 is 0 Å². The highest BCUT2D eigenvalue weighted by atomic mass is 19.1. The van der Waals surface area contributed by atoms with Crippen molar-refractivity contribution in [3.05, 3.63) is 101 Å². The largest absolute Gasteiger partial charge is 0.307 e. The van der Waals surface area contributed by atoms with Crippen molar-refractivity contribution in [2.75, 3.05) is 0 Å². The monoisotopic (exact) mass is 890 g/mol. The molecule has 0 spiro atoms.